The second kappa shape index (κ2) is 7.39. The molecule has 1 heterocycles. The molecular formula is C15H23N3O4S. The Bertz CT molecular complexity index is 635. The minimum absolute atomic E-state index is 0.219. The fraction of sp³-hybridized carbons (Fsp3) is 0.533. The predicted molar refractivity (Wildman–Crippen MR) is 86.6 cm³/mol. The molecule has 1 aromatic rings. The van der Waals surface area contributed by atoms with Gasteiger partial charge in [-0.25, -0.2) is 13.8 Å². The quantitative estimate of drug-likeness (QED) is 0.738. The van der Waals surface area contributed by atoms with Gasteiger partial charge in [-0.3, -0.25) is 10.2 Å². The number of ether oxygens (including phenoxy) is 1. The standard InChI is InChI=1S/C15H23N3O4S/c1-4-22-15(19)13-10-16-17-14(13)23(20,21)18(3)11(2)12-8-6-5-7-9-12/h5-9,11,13-14,16-17H,4,10H2,1-3H3. The lowest BCUT2D eigenvalue weighted by atomic mass is 10.1. The van der Waals surface area contributed by atoms with Crippen molar-refractivity contribution in [1.29, 1.82) is 0 Å². The molecule has 1 aliphatic rings. The number of rotatable bonds is 6. The molecule has 128 valence electrons. The number of carbonyl (C=O) groups is 1. The van der Waals surface area contributed by atoms with Crippen molar-refractivity contribution in [2.75, 3.05) is 20.2 Å². The second-order valence-electron chi connectivity index (χ2n) is 5.45. The molecule has 8 heteroatoms. The maximum Gasteiger partial charge on any atom is 0.313 e. The number of hydrogen-bond donors (Lipinski definition) is 2. The average Bonchev–Trinajstić information content (AvgIpc) is 3.05. The van der Waals surface area contributed by atoms with Crippen molar-refractivity contribution in [3.63, 3.8) is 0 Å². The highest BCUT2D eigenvalue weighted by atomic mass is 32.2. The van der Waals surface area contributed by atoms with E-state index in [0.717, 1.165) is 5.56 Å². The molecule has 1 aliphatic heterocycles. The third-order valence-electron chi connectivity index (χ3n) is 4.07. The Labute approximate surface area is 137 Å². The third kappa shape index (κ3) is 3.72. The molecule has 2 rings (SSSR count). The first-order valence-corrected chi connectivity index (χ1v) is 9.06. The average molecular weight is 341 g/mol. The number of benzene rings is 1. The molecule has 7 nitrogen and oxygen atoms in total. The Morgan fingerprint density at radius 3 is 2.65 bits per heavy atom. The van der Waals surface area contributed by atoms with E-state index in [1.54, 1.807) is 6.92 Å². The number of sulfonamides is 1. The van der Waals surface area contributed by atoms with Crippen LogP contribution in [0.4, 0.5) is 0 Å². The lowest BCUT2D eigenvalue weighted by Gasteiger charge is -2.29. The van der Waals surface area contributed by atoms with Crippen molar-refractivity contribution in [2.45, 2.75) is 25.3 Å². The molecule has 3 atom stereocenters. The maximum absolute atomic E-state index is 12.9. The largest absolute Gasteiger partial charge is 0.466 e. The second-order valence-corrected chi connectivity index (χ2v) is 7.57. The van der Waals surface area contributed by atoms with Gasteiger partial charge < -0.3 is 4.74 Å². The molecular weight excluding hydrogens is 318 g/mol. The van der Waals surface area contributed by atoms with E-state index in [-0.39, 0.29) is 19.2 Å². The van der Waals surface area contributed by atoms with Crippen LogP contribution in [0, 0.1) is 5.92 Å². The van der Waals surface area contributed by atoms with E-state index < -0.39 is 27.3 Å². The molecule has 0 spiro atoms. The molecule has 3 unspecified atom stereocenters. The molecule has 0 aromatic heterocycles. The van der Waals surface area contributed by atoms with Crippen LogP contribution in [0.15, 0.2) is 30.3 Å². The molecule has 0 aliphatic carbocycles. The minimum Gasteiger partial charge on any atom is -0.466 e. The highest BCUT2D eigenvalue weighted by Crippen LogP contribution is 2.26. The zero-order valence-corrected chi connectivity index (χ0v) is 14.3. The normalized spacial score (nSPS) is 23.0. The van der Waals surface area contributed by atoms with Crippen LogP contribution in [0.25, 0.3) is 0 Å². The van der Waals surface area contributed by atoms with Crippen molar-refractivity contribution < 1.29 is 17.9 Å². The number of esters is 1. The van der Waals surface area contributed by atoms with Crippen molar-refractivity contribution in [2.24, 2.45) is 5.92 Å². The fourth-order valence-electron chi connectivity index (χ4n) is 2.56. The van der Waals surface area contributed by atoms with E-state index in [1.165, 1.54) is 11.4 Å². The Hall–Kier alpha value is -1.48. The van der Waals surface area contributed by atoms with Crippen molar-refractivity contribution in [3.05, 3.63) is 35.9 Å². The van der Waals surface area contributed by atoms with Gasteiger partial charge in [-0.15, -0.1) is 0 Å². The summed E-state index contributed by atoms with van der Waals surface area (Å²) in [7, 11) is -2.22. The highest BCUT2D eigenvalue weighted by molar-refractivity contribution is 7.89. The summed E-state index contributed by atoms with van der Waals surface area (Å²) < 4.78 is 32.0. The van der Waals surface area contributed by atoms with Gasteiger partial charge in [0.05, 0.1) is 6.61 Å². The minimum atomic E-state index is -3.74. The smallest absolute Gasteiger partial charge is 0.313 e. The first kappa shape index (κ1) is 17.9. The summed E-state index contributed by atoms with van der Waals surface area (Å²) in [6, 6.07) is 9.02. The Morgan fingerprint density at radius 1 is 1.39 bits per heavy atom. The lowest BCUT2D eigenvalue weighted by Crippen LogP contribution is -2.48. The molecule has 0 radical (unpaired) electrons. The molecule has 0 saturated carbocycles. The van der Waals surface area contributed by atoms with Crippen LogP contribution in [-0.2, 0) is 19.6 Å². The van der Waals surface area contributed by atoms with Crippen LogP contribution in [0.1, 0.15) is 25.5 Å². The van der Waals surface area contributed by atoms with E-state index in [4.69, 9.17) is 4.74 Å². The summed E-state index contributed by atoms with van der Waals surface area (Å²) in [4.78, 5) is 12.0. The van der Waals surface area contributed by atoms with Gasteiger partial charge in [-0.05, 0) is 19.4 Å². The van der Waals surface area contributed by atoms with Gasteiger partial charge in [0.25, 0.3) is 0 Å². The summed E-state index contributed by atoms with van der Waals surface area (Å²) in [6.45, 7) is 3.95. The Kier molecular flexibility index (Phi) is 5.74. The number of hydrogen-bond acceptors (Lipinski definition) is 6. The maximum atomic E-state index is 12.9. The van der Waals surface area contributed by atoms with Gasteiger partial charge >= 0.3 is 5.97 Å². The van der Waals surface area contributed by atoms with E-state index in [9.17, 15) is 13.2 Å². The summed E-state index contributed by atoms with van der Waals surface area (Å²) in [6.07, 6.45) is 0. The molecule has 23 heavy (non-hydrogen) atoms. The highest BCUT2D eigenvalue weighted by Gasteiger charge is 2.45. The van der Waals surface area contributed by atoms with Gasteiger partial charge in [0, 0.05) is 19.6 Å². The molecule has 1 aromatic carbocycles. The zero-order valence-electron chi connectivity index (χ0n) is 13.5. The van der Waals surface area contributed by atoms with E-state index in [2.05, 4.69) is 10.9 Å². The van der Waals surface area contributed by atoms with E-state index in [1.807, 2.05) is 37.3 Å². The molecule has 1 fully saturated rings. The van der Waals surface area contributed by atoms with Gasteiger partial charge in [0.2, 0.25) is 10.0 Å². The number of carbonyl (C=O) groups excluding carboxylic acids is 1. The number of nitrogens with zero attached hydrogens (tertiary/aromatic N) is 1. The number of hydrazine groups is 1. The van der Waals surface area contributed by atoms with E-state index >= 15 is 0 Å². The summed E-state index contributed by atoms with van der Waals surface area (Å²) in [5.41, 5.74) is 6.32. The van der Waals surface area contributed by atoms with Gasteiger partial charge in [-0.1, -0.05) is 30.3 Å². The van der Waals surface area contributed by atoms with Crippen LogP contribution in [-0.4, -0.2) is 44.3 Å². The first-order valence-electron chi connectivity index (χ1n) is 7.56. The lowest BCUT2D eigenvalue weighted by molar-refractivity contribution is -0.147. The third-order valence-corrected chi connectivity index (χ3v) is 6.28. The number of nitrogens with one attached hydrogen (secondary N) is 2. The van der Waals surface area contributed by atoms with Crippen LogP contribution < -0.4 is 10.9 Å². The monoisotopic (exact) mass is 341 g/mol. The van der Waals surface area contributed by atoms with Gasteiger partial charge in [0.15, 0.2) is 5.37 Å². The van der Waals surface area contributed by atoms with Crippen LogP contribution in [0.3, 0.4) is 0 Å². The van der Waals surface area contributed by atoms with Crippen molar-refractivity contribution >= 4 is 16.0 Å². The van der Waals surface area contributed by atoms with E-state index in [0.29, 0.717) is 0 Å². The zero-order chi connectivity index (χ0) is 17.0. The van der Waals surface area contributed by atoms with Crippen LogP contribution in [0.5, 0.6) is 0 Å². The summed E-state index contributed by atoms with van der Waals surface area (Å²) >= 11 is 0. The molecule has 0 amide bonds. The van der Waals surface area contributed by atoms with Gasteiger partial charge in [-0.2, -0.15) is 4.31 Å². The SMILES string of the molecule is CCOC(=O)C1CNNC1S(=O)(=O)N(C)C(C)c1ccccc1. The predicted octanol–water partition coefficient (Wildman–Crippen LogP) is 0.622. The fourth-order valence-corrected chi connectivity index (χ4v) is 4.33. The Morgan fingerprint density at radius 2 is 2.04 bits per heavy atom. The summed E-state index contributed by atoms with van der Waals surface area (Å²) in [5, 5.41) is -1.04. The Balaban J connectivity index is 2.21. The van der Waals surface area contributed by atoms with Gasteiger partial charge in [0.1, 0.15) is 5.92 Å². The topological polar surface area (TPSA) is 87.7 Å². The van der Waals surface area contributed by atoms with Crippen LogP contribution >= 0.6 is 0 Å². The molecule has 0 bridgehead atoms. The van der Waals surface area contributed by atoms with Crippen molar-refractivity contribution in [3.8, 4) is 0 Å². The molecule has 1 saturated heterocycles. The summed E-state index contributed by atoms with van der Waals surface area (Å²) in [5.74, 6) is -1.29. The van der Waals surface area contributed by atoms with Crippen LogP contribution in [0.2, 0.25) is 0 Å². The van der Waals surface area contributed by atoms with Crippen molar-refractivity contribution in [1.82, 2.24) is 15.2 Å². The molecule has 2 N–H and O–H groups in total. The first-order chi connectivity index (χ1) is 10.9.